The molecular weight excluding hydrogens is 473 g/mol. The number of nitrogens with zero attached hydrogens (tertiary/aromatic N) is 3. The molecule has 1 heterocycles. The number of benzene rings is 2. The first-order valence-electron chi connectivity index (χ1n) is 10.6. The van der Waals surface area contributed by atoms with Gasteiger partial charge >= 0.3 is 6.36 Å². The smallest absolute Gasteiger partial charge is 0.406 e. The second kappa shape index (κ2) is 10.0. The number of sulfonamides is 1. The van der Waals surface area contributed by atoms with Crippen LogP contribution >= 0.6 is 0 Å². The highest BCUT2D eigenvalue weighted by Gasteiger charge is 2.31. The average molecular weight is 499 g/mol. The van der Waals surface area contributed by atoms with Crippen molar-refractivity contribution in [1.29, 1.82) is 0 Å². The van der Waals surface area contributed by atoms with E-state index in [1.54, 1.807) is 31.5 Å². The summed E-state index contributed by atoms with van der Waals surface area (Å²) in [5.41, 5.74) is 1.37. The summed E-state index contributed by atoms with van der Waals surface area (Å²) in [6, 6.07) is 9.73. The number of aryl methyl sites for hydroxylation is 2. The number of amides is 1. The van der Waals surface area contributed by atoms with E-state index < -0.39 is 28.0 Å². The minimum Gasteiger partial charge on any atom is -0.406 e. The van der Waals surface area contributed by atoms with Crippen LogP contribution in [0.1, 0.15) is 26.1 Å². The van der Waals surface area contributed by atoms with Crippen LogP contribution in [0.5, 0.6) is 5.75 Å². The summed E-state index contributed by atoms with van der Waals surface area (Å²) in [6.45, 7) is 4.24. The third-order valence-electron chi connectivity index (χ3n) is 5.22. The normalized spacial score (nSPS) is 12.3. The molecule has 0 bridgehead atoms. The Morgan fingerprint density at radius 2 is 1.85 bits per heavy atom. The van der Waals surface area contributed by atoms with E-state index in [9.17, 15) is 26.4 Å². The van der Waals surface area contributed by atoms with Gasteiger partial charge in [0.05, 0.1) is 15.9 Å². The van der Waals surface area contributed by atoms with Crippen LogP contribution in [-0.4, -0.2) is 47.6 Å². The maximum Gasteiger partial charge on any atom is 0.573 e. The highest BCUT2D eigenvalue weighted by atomic mass is 32.2. The van der Waals surface area contributed by atoms with Gasteiger partial charge in [-0.1, -0.05) is 19.9 Å². The molecule has 3 rings (SSSR count). The van der Waals surface area contributed by atoms with E-state index >= 15 is 0 Å². The van der Waals surface area contributed by atoms with Gasteiger partial charge < -0.3 is 14.6 Å². The van der Waals surface area contributed by atoms with E-state index in [0.29, 0.717) is 29.9 Å². The number of hydrogen-bond donors (Lipinski definition) is 1. The van der Waals surface area contributed by atoms with Gasteiger partial charge in [-0.05, 0) is 30.3 Å². The van der Waals surface area contributed by atoms with Crippen molar-refractivity contribution in [2.75, 3.05) is 18.4 Å². The molecule has 0 radical (unpaired) electrons. The van der Waals surface area contributed by atoms with Crippen LogP contribution in [-0.2, 0) is 28.3 Å². The van der Waals surface area contributed by atoms with Crippen LogP contribution in [0.3, 0.4) is 0 Å². The van der Waals surface area contributed by atoms with Crippen LogP contribution in [0.25, 0.3) is 11.0 Å². The summed E-state index contributed by atoms with van der Waals surface area (Å²) in [4.78, 5) is 17.0. The Kier molecular flexibility index (Phi) is 7.51. The van der Waals surface area contributed by atoms with Crippen LogP contribution < -0.4 is 10.1 Å². The fraction of sp³-hybridized carbons (Fsp3) is 0.364. The molecule has 0 aliphatic carbocycles. The third kappa shape index (κ3) is 5.86. The van der Waals surface area contributed by atoms with Crippen LogP contribution in [0.4, 0.5) is 18.9 Å². The van der Waals surface area contributed by atoms with Crippen LogP contribution in [0, 0.1) is 0 Å². The molecule has 1 aromatic heterocycles. The molecule has 0 saturated heterocycles. The lowest BCUT2D eigenvalue weighted by molar-refractivity contribution is -0.274. The summed E-state index contributed by atoms with van der Waals surface area (Å²) < 4.78 is 69.7. The highest BCUT2D eigenvalue weighted by molar-refractivity contribution is 7.89. The first-order chi connectivity index (χ1) is 15.9. The Morgan fingerprint density at radius 3 is 2.50 bits per heavy atom. The van der Waals surface area contributed by atoms with Crippen molar-refractivity contribution < 1.29 is 31.1 Å². The first-order valence-corrected chi connectivity index (χ1v) is 12.0. The number of alkyl halides is 3. The van der Waals surface area contributed by atoms with E-state index in [1.807, 2.05) is 0 Å². The number of nitrogens with one attached hydrogen (secondary N) is 1. The van der Waals surface area contributed by atoms with Crippen molar-refractivity contribution in [3.63, 3.8) is 0 Å². The Bertz CT molecular complexity index is 1290. The molecule has 0 fully saturated rings. The number of imidazole rings is 1. The number of ether oxygens (including phenoxy) is 1. The molecule has 0 atom stereocenters. The molecule has 1 amide bonds. The molecule has 34 heavy (non-hydrogen) atoms. The number of anilines is 1. The SMILES string of the molecule is CCN(CC)S(=O)(=O)c1ccc2c(c1)nc(CCC(=O)Nc1cccc(OC(F)(F)F)c1)n2C. The second-order valence-corrected chi connectivity index (χ2v) is 9.39. The molecule has 3 aromatic rings. The Labute approximate surface area is 195 Å². The van der Waals surface area contributed by atoms with Crippen molar-refractivity contribution in [2.45, 2.75) is 37.9 Å². The maximum atomic E-state index is 12.8. The summed E-state index contributed by atoms with van der Waals surface area (Å²) in [6.07, 6.45) is -4.56. The fourth-order valence-corrected chi connectivity index (χ4v) is 5.02. The maximum absolute atomic E-state index is 12.8. The molecule has 1 N–H and O–H groups in total. The number of halogens is 3. The number of aromatic nitrogens is 2. The number of carbonyl (C=O) groups excluding carboxylic acids is 1. The lowest BCUT2D eigenvalue weighted by Gasteiger charge is -2.18. The lowest BCUT2D eigenvalue weighted by Crippen LogP contribution is -2.30. The Morgan fingerprint density at radius 1 is 1.15 bits per heavy atom. The Balaban J connectivity index is 1.71. The van der Waals surface area contributed by atoms with Gasteiger partial charge in [-0.25, -0.2) is 13.4 Å². The molecule has 8 nitrogen and oxygen atoms in total. The highest BCUT2D eigenvalue weighted by Crippen LogP contribution is 2.26. The van der Waals surface area contributed by atoms with Crippen molar-refractivity contribution in [3.8, 4) is 5.75 Å². The van der Waals surface area contributed by atoms with E-state index in [0.717, 1.165) is 12.1 Å². The zero-order valence-electron chi connectivity index (χ0n) is 18.9. The van der Waals surface area contributed by atoms with Crippen molar-refractivity contribution >= 4 is 32.7 Å². The second-order valence-electron chi connectivity index (χ2n) is 7.45. The molecular formula is C22H25F3N4O4S. The first kappa shape index (κ1) is 25.5. The fourth-order valence-electron chi connectivity index (χ4n) is 3.55. The summed E-state index contributed by atoms with van der Waals surface area (Å²) in [5, 5.41) is 2.54. The summed E-state index contributed by atoms with van der Waals surface area (Å²) >= 11 is 0. The van der Waals surface area contributed by atoms with Gasteiger partial charge in [-0.3, -0.25) is 4.79 Å². The lowest BCUT2D eigenvalue weighted by atomic mass is 10.2. The number of carbonyl (C=O) groups is 1. The Hall–Kier alpha value is -3.12. The van der Waals surface area contributed by atoms with E-state index in [-0.39, 0.29) is 23.4 Å². The largest absolute Gasteiger partial charge is 0.573 e. The van der Waals surface area contributed by atoms with E-state index in [4.69, 9.17) is 0 Å². The molecule has 0 unspecified atom stereocenters. The van der Waals surface area contributed by atoms with Gasteiger partial charge in [0.1, 0.15) is 11.6 Å². The molecule has 0 spiro atoms. The molecule has 0 aliphatic rings. The molecule has 184 valence electrons. The molecule has 12 heteroatoms. The zero-order chi connectivity index (χ0) is 25.1. The monoisotopic (exact) mass is 498 g/mol. The van der Waals surface area contributed by atoms with Gasteiger partial charge in [0.2, 0.25) is 15.9 Å². The number of hydrogen-bond acceptors (Lipinski definition) is 5. The quantitative estimate of drug-likeness (QED) is 0.480. The predicted octanol–water partition coefficient (Wildman–Crippen LogP) is 4.07. The molecule has 2 aromatic carbocycles. The standard InChI is InChI=1S/C22H25F3N4O4S/c1-4-29(5-2)34(31,32)17-9-10-19-18(14-17)27-20(28(19)3)11-12-21(30)26-15-7-6-8-16(13-15)33-22(23,24)25/h6-10,13-14H,4-5,11-12H2,1-3H3,(H,26,30). The van der Waals surface area contributed by atoms with Gasteiger partial charge in [0.15, 0.2) is 0 Å². The van der Waals surface area contributed by atoms with Crippen molar-refractivity contribution in [2.24, 2.45) is 7.05 Å². The number of fused-ring (bicyclic) bond motifs is 1. The summed E-state index contributed by atoms with van der Waals surface area (Å²) in [5.74, 6) is -0.283. The van der Waals surface area contributed by atoms with Gasteiger partial charge in [0.25, 0.3) is 0 Å². The minimum absolute atomic E-state index is 0.0200. The van der Waals surface area contributed by atoms with E-state index in [2.05, 4.69) is 15.0 Å². The average Bonchev–Trinajstić information content (AvgIpc) is 3.07. The van der Waals surface area contributed by atoms with E-state index in [1.165, 1.54) is 28.6 Å². The van der Waals surface area contributed by atoms with Gasteiger partial charge in [0, 0.05) is 44.7 Å². The molecule has 0 aliphatic heterocycles. The van der Waals surface area contributed by atoms with Gasteiger partial charge in [-0.2, -0.15) is 4.31 Å². The van der Waals surface area contributed by atoms with Crippen LogP contribution in [0.15, 0.2) is 47.4 Å². The van der Waals surface area contributed by atoms with Gasteiger partial charge in [-0.15, -0.1) is 13.2 Å². The minimum atomic E-state index is -4.83. The topological polar surface area (TPSA) is 93.5 Å². The van der Waals surface area contributed by atoms with Crippen molar-refractivity contribution in [1.82, 2.24) is 13.9 Å². The predicted molar refractivity (Wildman–Crippen MR) is 121 cm³/mol. The summed E-state index contributed by atoms with van der Waals surface area (Å²) in [7, 11) is -1.87. The third-order valence-corrected chi connectivity index (χ3v) is 7.26. The molecule has 0 saturated carbocycles. The number of rotatable bonds is 9. The zero-order valence-corrected chi connectivity index (χ0v) is 19.7. The van der Waals surface area contributed by atoms with Crippen LogP contribution in [0.2, 0.25) is 0 Å². The van der Waals surface area contributed by atoms with Crippen molar-refractivity contribution in [3.05, 3.63) is 48.3 Å².